The number of benzene rings is 1. The molecule has 1 atom stereocenters. The van der Waals surface area contributed by atoms with E-state index in [2.05, 4.69) is 20.8 Å². The highest BCUT2D eigenvalue weighted by molar-refractivity contribution is 7.14. The number of rotatable bonds is 4. The van der Waals surface area contributed by atoms with Gasteiger partial charge in [0.25, 0.3) is 5.91 Å². The molecule has 0 radical (unpaired) electrons. The van der Waals surface area contributed by atoms with Crippen LogP contribution < -0.4 is 16.0 Å². The number of urea groups is 1. The van der Waals surface area contributed by atoms with Gasteiger partial charge >= 0.3 is 6.03 Å². The largest absolute Gasteiger partial charge is 0.333 e. The maximum atomic E-state index is 12.7. The molecule has 9 nitrogen and oxygen atoms in total. The Kier molecular flexibility index (Phi) is 5.20. The van der Waals surface area contributed by atoms with Gasteiger partial charge in [-0.05, 0) is 30.2 Å². The summed E-state index contributed by atoms with van der Waals surface area (Å²) in [5.74, 6) is -0.975. The lowest BCUT2D eigenvalue weighted by Gasteiger charge is -2.29. The van der Waals surface area contributed by atoms with Gasteiger partial charge in [-0.2, -0.15) is 0 Å². The van der Waals surface area contributed by atoms with Crippen molar-refractivity contribution >= 4 is 46.5 Å². The lowest BCUT2D eigenvalue weighted by Crippen LogP contribution is -2.52. The molecule has 1 saturated heterocycles. The third kappa shape index (κ3) is 3.88. The van der Waals surface area contributed by atoms with Crippen LogP contribution in [0.1, 0.15) is 33.0 Å². The van der Waals surface area contributed by atoms with Crippen LogP contribution in [0.15, 0.2) is 30.3 Å². The fraction of sp³-hybridized carbons (Fsp3) is 0.250. The van der Waals surface area contributed by atoms with Gasteiger partial charge in [0.05, 0.1) is 18.0 Å². The van der Waals surface area contributed by atoms with Gasteiger partial charge in [0.2, 0.25) is 11.8 Å². The van der Waals surface area contributed by atoms with Gasteiger partial charge in [-0.3, -0.25) is 19.7 Å². The summed E-state index contributed by atoms with van der Waals surface area (Å²) in [5, 5.41) is 7.68. The molecule has 0 saturated carbocycles. The molecule has 1 fully saturated rings. The summed E-state index contributed by atoms with van der Waals surface area (Å²) in [6.45, 7) is 7.57. The van der Waals surface area contributed by atoms with Gasteiger partial charge in [-0.25, -0.2) is 9.64 Å². The van der Waals surface area contributed by atoms with Crippen LogP contribution in [-0.2, 0) is 22.7 Å². The van der Waals surface area contributed by atoms with E-state index < -0.39 is 18.0 Å². The number of anilines is 1. The Morgan fingerprint density at radius 2 is 2.13 bits per heavy atom. The number of imide groups is 1. The predicted octanol–water partition coefficient (Wildman–Crippen LogP) is 2.38. The first-order valence-corrected chi connectivity index (χ1v) is 10.0. The Morgan fingerprint density at radius 1 is 1.30 bits per heavy atom. The third-order valence-corrected chi connectivity index (χ3v) is 6.06. The molecule has 3 heterocycles. The third-order valence-electron chi connectivity index (χ3n) is 4.90. The molecule has 5 amide bonds. The number of carbonyl (C=O) groups excluding carboxylic acids is 4. The zero-order chi connectivity index (χ0) is 21.3. The van der Waals surface area contributed by atoms with Crippen LogP contribution in [0.2, 0.25) is 0 Å². The number of hydrogen-bond donors (Lipinski definition) is 3. The van der Waals surface area contributed by atoms with E-state index in [1.54, 1.807) is 24.3 Å². The molecule has 4 rings (SSSR count). The van der Waals surface area contributed by atoms with Gasteiger partial charge in [0.1, 0.15) is 6.04 Å². The molecule has 1 aromatic heterocycles. The summed E-state index contributed by atoms with van der Waals surface area (Å²) in [5.41, 5.74) is 1.77. The van der Waals surface area contributed by atoms with Crippen molar-refractivity contribution in [3.05, 3.63) is 57.1 Å². The molecule has 152 valence electrons. The maximum Gasteiger partial charge on any atom is 0.319 e. The second-order valence-electron chi connectivity index (χ2n) is 6.94. The highest BCUT2D eigenvalue weighted by Crippen LogP contribution is 2.33. The first-order valence-electron chi connectivity index (χ1n) is 9.23. The van der Waals surface area contributed by atoms with Gasteiger partial charge < -0.3 is 15.5 Å². The van der Waals surface area contributed by atoms with E-state index in [9.17, 15) is 19.2 Å². The van der Waals surface area contributed by atoms with Crippen LogP contribution in [0.4, 0.5) is 16.2 Å². The smallest absolute Gasteiger partial charge is 0.319 e. The lowest BCUT2D eigenvalue weighted by atomic mass is 10.0. The van der Waals surface area contributed by atoms with Crippen molar-refractivity contribution in [1.29, 1.82) is 0 Å². The minimum Gasteiger partial charge on any atom is -0.333 e. The highest BCUT2D eigenvalue weighted by Gasteiger charge is 2.40. The van der Waals surface area contributed by atoms with Crippen LogP contribution in [0.3, 0.4) is 0 Å². The Labute approximate surface area is 175 Å². The van der Waals surface area contributed by atoms with E-state index in [0.29, 0.717) is 29.2 Å². The molecule has 1 unspecified atom stereocenters. The summed E-state index contributed by atoms with van der Waals surface area (Å²) in [6, 6.07) is 7.41. The van der Waals surface area contributed by atoms with Crippen LogP contribution in [-0.4, -0.2) is 34.7 Å². The topological polar surface area (TPSA) is 112 Å². The first kappa shape index (κ1) is 19.6. The van der Waals surface area contributed by atoms with E-state index in [1.807, 2.05) is 6.07 Å². The van der Waals surface area contributed by atoms with E-state index in [-0.39, 0.29) is 24.8 Å². The summed E-state index contributed by atoms with van der Waals surface area (Å²) >= 11 is 1.28. The molecule has 0 bridgehead atoms. The molecule has 0 spiro atoms. The van der Waals surface area contributed by atoms with Gasteiger partial charge in [0.15, 0.2) is 5.69 Å². The molecule has 3 N–H and O–H groups in total. The van der Waals surface area contributed by atoms with E-state index >= 15 is 0 Å². The molecular weight excluding hydrogens is 406 g/mol. The number of hydrogen-bond acceptors (Lipinski definition) is 5. The molecule has 0 aliphatic carbocycles. The maximum absolute atomic E-state index is 12.7. The van der Waals surface area contributed by atoms with Crippen molar-refractivity contribution in [2.45, 2.75) is 32.0 Å². The summed E-state index contributed by atoms with van der Waals surface area (Å²) in [6.07, 6.45) is 0.547. The molecule has 30 heavy (non-hydrogen) atoms. The van der Waals surface area contributed by atoms with Crippen molar-refractivity contribution in [1.82, 2.24) is 15.5 Å². The van der Waals surface area contributed by atoms with Crippen molar-refractivity contribution in [2.75, 3.05) is 5.32 Å². The van der Waals surface area contributed by atoms with Crippen molar-refractivity contribution in [3.63, 3.8) is 0 Å². The van der Waals surface area contributed by atoms with Crippen molar-refractivity contribution in [3.8, 4) is 0 Å². The van der Waals surface area contributed by atoms with Gasteiger partial charge in [-0.1, -0.05) is 12.1 Å². The van der Waals surface area contributed by atoms with E-state index in [0.717, 1.165) is 10.4 Å². The first-order chi connectivity index (χ1) is 14.4. The van der Waals surface area contributed by atoms with Crippen LogP contribution in [0, 0.1) is 6.57 Å². The molecule has 2 aliphatic rings. The second-order valence-corrected chi connectivity index (χ2v) is 8.07. The number of fused-ring (bicyclic) bond motifs is 1. The Balaban J connectivity index is 1.35. The quantitative estimate of drug-likeness (QED) is 0.518. The second kappa shape index (κ2) is 7.96. The molecule has 2 aromatic rings. The Hall–Kier alpha value is -3.71. The Bertz CT molecular complexity index is 1100. The van der Waals surface area contributed by atoms with Crippen LogP contribution in [0.25, 0.3) is 4.85 Å². The predicted molar refractivity (Wildman–Crippen MR) is 109 cm³/mol. The normalized spacial score (nSPS) is 17.9. The van der Waals surface area contributed by atoms with Crippen LogP contribution >= 0.6 is 11.3 Å². The fourth-order valence-electron chi connectivity index (χ4n) is 3.48. The van der Waals surface area contributed by atoms with Crippen molar-refractivity contribution in [2.24, 2.45) is 0 Å². The minimum absolute atomic E-state index is 0.219. The monoisotopic (exact) mass is 423 g/mol. The van der Waals surface area contributed by atoms with Crippen LogP contribution in [0.5, 0.6) is 0 Å². The number of carbonyl (C=O) groups is 4. The molecular formula is C20H17N5O4S. The summed E-state index contributed by atoms with van der Waals surface area (Å²) in [4.78, 5) is 54.4. The van der Waals surface area contributed by atoms with Crippen molar-refractivity contribution < 1.29 is 19.2 Å². The fourth-order valence-corrected chi connectivity index (χ4v) is 4.55. The number of nitrogens with zero attached hydrogens (tertiary/aromatic N) is 2. The molecule has 1 aromatic carbocycles. The van der Waals surface area contributed by atoms with E-state index in [1.165, 1.54) is 16.2 Å². The number of nitrogens with one attached hydrogen (secondary N) is 3. The SMILES string of the molecule is [C-]#[N+]c1cccc(NC(=O)NCc2cc3c(s2)C(=O)N(C2CCC(=O)NC2=O)C3)c1. The zero-order valence-corrected chi connectivity index (χ0v) is 16.5. The van der Waals surface area contributed by atoms with Gasteiger partial charge in [0, 0.05) is 23.5 Å². The average molecular weight is 423 g/mol. The standard InChI is InChI=1S/C20H17N5O4S/c1-21-12-3-2-4-13(8-12)23-20(29)22-9-14-7-11-10-25(19(28)17(11)30-14)15-5-6-16(26)24-18(15)27/h2-4,7-8,15H,5-6,9-10H2,(H2,22,23,29)(H,24,26,27). The Morgan fingerprint density at radius 3 is 2.87 bits per heavy atom. The van der Waals surface area contributed by atoms with Gasteiger partial charge in [-0.15, -0.1) is 11.3 Å². The number of amides is 5. The lowest BCUT2D eigenvalue weighted by molar-refractivity contribution is -0.136. The highest BCUT2D eigenvalue weighted by atomic mass is 32.1. The summed E-state index contributed by atoms with van der Waals surface area (Å²) < 4.78 is 0. The minimum atomic E-state index is -0.631. The average Bonchev–Trinajstić information content (AvgIpc) is 3.25. The molecule has 2 aliphatic heterocycles. The number of thiophene rings is 1. The summed E-state index contributed by atoms with van der Waals surface area (Å²) in [7, 11) is 0. The molecule has 10 heteroatoms. The number of piperidine rings is 1. The van der Waals surface area contributed by atoms with E-state index in [4.69, 9.17) is 6.57 Å². The zero-order valence-electron chi connectivity index (χ0n) is 15.7.